The fraction of sp³-hybridized carbons (Fsp3) is 0.500. The first kappa shape index (κ1) is 18.7. The molecule has 1 aliphatic rings. The van der Waals surface area contributed by atoms with Gasteiger partial charge in [-0.2, -0.15) is 0 Å². The van der Waals surface area contributed by atoms with Gasteiger partial charge < -0.3 is 15.3 Å². The summed E-state index contributed by atoms with van der Waals surface area (Å²) >= 11 is 0. The number of hydrogen-bond donors (Lipinski definition) is 3. The smallest absolute Gasteiger partial charge is 0.0811 e. The minimum atomic E-state index is -0.694. The molecule has 148 valence electrons. The molecule has 0 radical (unpaired) electrons. The predicted octanol–water partition coefficient (Wildman–Crippen LogP) is 4.57. The van der Waals surface area contributed by atoms with Crippen molar-refractivity contribution in [1.29, 1.82) is 0 Å². The van der Waals surface area contributed by atoms with Crippen LogP contribution in [0.5, 0.6) is 0 Å². The van der Waals surface area contributed by atoms with Crippen molar-refractivity contribution >= 4 is 5.57 Å². The van der Waals surface area contributed by atoms with Gasteiger partial charge in [0, 0.05) is 9.16 Å². The first-order valence-corrected chi connectivity index (χ1v) is 9.78. The second kappa shape index (κ2) is 10.6. The molecule has 1 aromatic carbocycles. The van der Waals surface area contributed by atoms with E-state index in [0.717, 1.165) is 28.7 Å². The van der Waals surface area contributed by atoms with E-state index < -0.39 is 31.1 Å². The molecule has 5 atom stereocenters. The number of aliphatic hydroxyl groups excluding tert-OH is 3. The van der Waals surface area contributed by atoms with E-state index in [-0.39, 0.29) is 0 Å². The quantitative estimate of drug-likeness (QED) is 0.626. The Morgan fingerprint density at radius 2 is 2.15 bits per heavy atom. The largest absolute Gasteiger partial charge is 0.393 e. The molecule has 0 spiro atoms. The Bertz CT molecular complexity index is 754. The zero-order valence-corrected chi connectivity index (χ0v) is 16.4. The summed E-state index contributed by atoms with van der Waals surface area (Å²) in [5.41, 5.74) is 4.74. The number of aliphatic hydroxyl groups is 3. The lowest BCUT2D eigenvalue weighted by molar-refractivity contribution is 0.0862. The Labute approximate surface area is 166 Å². The summed E-state index contributed by atoms with van der Waals surface area (Å²) < 4.78 is 16.3. The van der Waals surface area contributed by atoms with Gasteiger partial charge in [-0.1, -0.05) is 56.3 Å². The van der Waals surface area contributed by atoms with Crippen LogP contribution in [0.25, 0.3) is 5.57 Å². The van der Waals surface area contributed by atoms with Gasteiger partial charge in [-0.15, -0.1) is 0 Å². The van der Waals surface area contributed by atoms with Gasteiger partial charge in [-0.3, -0.25) is 0 Å². The van der Waals surface area contributed by atoms with Crippen molar-refractivity contribution in [3.63, 3.8) is 0 Å². The lowest BCUT2D eigenvalue weighted by Crippen LogP contribution is -2.26. The number of aryl methyl sites for hydroxylation is 1. The van der Waals surface area contributed by atoms with Crippen LogP contribution >= 0.6 is 0 Å². The number of allylic oxidation sites excluding steroid dienone is 3. The summed E-state index contributed by atoms with van der Waals surface area (Å²) in [6.07, 6.45) is 3.40. The Morgan fingerprint density at radius 3 is 2.85 bits per heavy atom. The van der Waals surface area contributed by atoms with Gasteiger partial charge in [0.1, 0.15) is 0 Å². The Hall–Kier alpha value is -1.68. The SMILES string of the molecule is [2H]C(Cc1cccc(/C(=C/C=C2C[C@@H](O)C[C@H](O)C2=C)CC)c1)C([2H])CC(C)O. The van der Waals surface area contributed by atoms with E-state index in [4.69, 9.17) is 2.74 Å². The monoisotopic (exact) mass is 372 g/mol. The molecule has 0 aliphatic heterocycles. The summed E-state index contributed by atoms with van der Waals surface area (Å²) in [7, 11) is 0. The fourth-order valence-electron chi connectivity index (χ4n) is 3.29. The molecule has 1 aromatic rings. The second-order valence-electron chi connectivity index (χ2n) is 7.33. The van der Waals surface area contributed by atoms with Gasteiger partial charge in [0.05, 0.1) is 18.3 Å². The highest BCUT2D eigenvalue weighted by atomic mass is 16.3. The normalized spacial score (nSPS) is 27.1. The lowest BCUT2D eigenvalue weighted by Gasteiger charge is -2.26. The van der Waals surface area contributed by atoms with E-state index in [1.807, 2.05) is 30.4 Å². The number of benzene rings is 1. The van der Waals surface area contributed by atoms with Crippen LogP contribution in [0, 0.1) is 0 Å². The zero-order valence-electron chi connectivity index (χ0n) is 18.4. The van der Waals surface area contributed by atoms with Crippen LogP contribution in [-0.2, 0) is 6.42 Å². The Morgan fingerprint density at radius 1 is 1.37 bits per heavy atom. The maximum atomic E-state index is 10.0. The zero-order chi connectivity index (χ0) is 21.6. The number of hydrogen-bond acceptors (Lipinski definition) is 3. The molecule has 27 heavy (non-hydrogen) atoms. The van der Waals surface area contributed by atoms with E-state index in [1.165, 1.54) is 0 Å². The average molecular weight is 373 g/mol. The standard InChI is InChI=1S/C24H34O3/c1-4-20(12-13-21-15-23(26)16-24(27)18(21)3)22-11-7-10-19(14-22)9-6-5-8-17(2)25/h7,10-14,17,23-27H,3-6,8-9,15-16H2,1-2H3/b20-12+,21-13?/t17?,23-,24+/m1/s1/i5D,6D/t5?,6?,17?,23-,24+. The van der Waals surface area contributed by atoms with Crippen molar-refractivity contribution < 1.29 is 18.1 Å². The van der Waals surface area contributed by atoms with Crippen LogP contribution in [0.4, 0.5) is 0 Å². The molecule has 1 saturated carbocycles. The molecule has 0 aromatic heterocycles. The van der Waals surface area contributed by atoms with Crippen LogP contribution in [-0.4, -0.2) is 33.6 Å². The molecule has 0 saturated heterocycles. The van der Waals surface area contributed by atoms with Crippen molar-refractivity contribution in [2.45, 2.75) is 77.1 Å². The van der Waals surface area contributed by atoms with Crippen LogP contribution in [0.2, 0.25) is 0 Å². The van der Waals surface area contributed by atoms with E-state index in [0.29, 0.717) is 31.3 Å². The molecule has 0 bridgehead atoms. The van der Waals surface area contributed by atoms with Crippen LogP contribution in [0.3, 0.4) is 0 Å². The summed E-state index contributed by atoms with van der Waals surface area (Å²) in [5, 5.41) is 29.4. The topological polar surface area (TPSA) is 60.7 Å². The van der Waals surface area contributed by atoms with Crippen molar-refractivity contribution in [1.82, 2.24) is 0 Å². The van der Waals surface area contributed by atoms with Crippen molar-refractivity contribution in [3.8, 4) is 0 Å². The molecular formula is C24H34O3. The van der Waals surface area contributed by atoms with E-state index in [2.05, 4.69) is 19.6 Å². The summed E-state index contributed by atoms with van der Waals surface area (Å²) in [4.78, 5) is 0. The summed E-state index contributed by atoms with van der Waals surface area (Å²) in [6.45, 7) is 7.69. The summed E-state index contributed by atoms with van der Waals surface area (Å²) in [5.74, 6) is 0. The highest BCUT2D eigenvalue weighted by molar-refractivity contribution is 5.68. The molecule has 2 rings (SSSR count). The third-order valence-corrected chi connectivity index (χ3v) is 4.93. The Balaban J connectivity index is 2.17. The lowest BCUT2D eigenvalue weighted by atomic mass is 9.86. The van der Waals surface area contributed by atoms with Gasteiger partial charge in [0.15, 0.2) is 0 Å². The minimum absolute atomic E-state index is 0.309. The third-order valence-electron chi connectivity index (χ3n) is 4.93. The third kappa shape index (κ3) is 6.76. The van der Waals surface area contributed by atoms with Gasteiger partial charge in [0.25, 0.3) is 0 Å². The first-order valence-electron chi connectivity index (χ1n) is 10.9. The van der Waals surface area contributed by atoms with Gasteiger partial charge >= 0.3 is 0 Å². The number of rotatable bonds is 8. The van der Waals surface area contributed by atoms with Crippen molar-refractivity contribution in [3.05, 3.63) is 65.3 Å². The molecule has 3 N–H and O–H groups in total. The highest BCUT2D eigenvalue weighted by Gasteiger charge is 2.24. The molecule has 3 nitrogen and oxygen atoms in total. The molecule has 0 amide bonds. The van der Waals surface area contributed by atoms with Gasteiger partial charge in [-0.05, 0) is 66.9 Å². The van der Waals surface area contributed by atoms with E-state index >= 15 is 0 Å². The maximum Gasteiger partial charge on any atom is 0.0811 e. The molecule has 3 unspecified atom stereocenters. The van der Waals surface area contributed by atoms with E-state index in [9.17, 15) is 15.3 Å². The van der Waals surface area contributed by atoms with Gasteiger partial charge in [0.2, 0.25) is 0 Å². The Kier molecular flexibility index (Phi) is 7.33. The van der Waals surface area contributed by atoms with Crippen LogP contribution in [0.15, 0.2) is 54.1 Å². The second-order valence-corrected chi connectivity index (χ2v) is 7.33. The first-order chi connectivity index (χ1) is 13.7. The minimum Gasteiger partial charge on any atom is -0.393 e. The van der Waals surface area contributed by atoms with Crippen LogP contribution < -0.4 is 0 Å². The molecule has 1 aliphatic carbocycles. The molecule has 1 fully saturated rings. The van der Waals surface area contributed by atoms with Crippen molar-refractivity contribution in [2.75, 3.05) is 0 Å². The van der Waals surface area contributed by atoms with Crippen molar-refractivity contribution in [2.24, 2.45) is 0 Å². The predicted molar refractivity (Wildman–Crippen MR) is 112 cm³/mol. The molecule has 3 heteroatoms. The summed E-state index contributed by atoms with van der Waals surface area (Å²) in [6, 6.07) is 8.03. The molecule has 0 heterocycles. The average Bonchev–Trinajstić information content (AvgIpc) is 2.65. The van der Waals surface area contributed by atoms with E-state index in [1.54, 1.807) is 6.92 Å². The van der Waals surface area contributed by atoms with Crippen LogP contribution in [0.1, 0.15) is 66.2 Å². The van der Waals surface area contributed by atoms with Gasteiger partial charge in [-0.25, -0.2) is 0 Å². The highest BCUT2D eigenvalue weighted by Crippen LogP contribution is 2.29. The molecular weight excluding hydrogens is 336 g/mol. The fourth-order valence-corrected chi connectivity index (χ4v) is 3.29. The maximum absolute atomic E-state index is 10.0.